The van der Waals surface area contributed by atoms with Gasteiger partial charge in [0.05, 0.1) is 0 Å². The zero-order valence-corrected chi connectivity index (χ0v) is 12.5. The summed E-state index contributed by atoms with van der Waals surface area (Å²) >= 11 is 3.15. The Labute approximate surface area is 117 Å². The molecule has 0 bridgehead atoms. The second-order valence-electron chi connectivity index (χ2n) is 5.06. The average Bonchev–Trinajstić information content (AvgIpc) is 2.85. The third-order valence-electron chi connectivity index (χ3n) is 3.54. The number of piperidine rings is 1. The molecule has 18 heavy (non-hydrogen) atoms. The van der Waals surface area contributed by atoms with Crippen molar-refractivity contribution in [2.45, 2.75) is 24.7 Å². The molecule has 1 fully saturated rings. The van der Waals surface area contributed by atoms with Gasteiger partial charge in [-0.1, -0.05) is 6.92 Å². The Hall–Kier alpha value is -0.520. The summed E-state index contributed by atoms with van der Waals surface area (Å²) in [6.45, 7) is 5.15. The molecular formula is C13H20N2OS2. The molecule has 5 heteroatoms. The van der Waals surface area contributed by atoms with Crippen molar-refractivity contribution in [2.24, 2.45) is 5.41 Å². The van der Waals surface area contributed by atoms with Crippen LogP contribution in [0.4, 0.5) is 0 Å². The van der Waals surface area contributed by atoms with Gasteiger partial charge in [-0.2, -0.15) is 0 Å². The molecule has 0 radical (unpaired) electrons. The van der Waals surface area contributed by atoms with Crippen LogP contribution in [0.1, 0.15) is 29.4 Å². The molecule has 0 unspecified atom stereocenters. The highest BCUT2D eigenvalue weighted by Crippen LogP contribution is 2.28. The Bertz CT molecular complexity index is 411. The van der Waals surface area contributed by atoms with Gasteiger partial charge >= 0.3 is 0 Å². The number of rotatable bonds is 4. The summed E-state index contributed by atoms with van der Waals surface area (Å²) in [5.41, 5.74) is 0.248. The topological polar surface area (TPSA) is 41.1 Å². The molecule has 1 aliphatic heterocycles. The smallest absolute Gasteiger partial charge is 0.262 e. The lowest BCUT2D eigenvalue weighted by molar-refractivity contribution is 0.0923. The normalized spacial score (nSPS) is 18.6. The quantitative estimate of drug-likeness (QED) is 0.835. The van der Waals surface area contributed by atoms with Crippen LogP contribution in [0.15, 0.2) is 16.3 Å². The van der Waals surface area contributed by atoms with Gasteiger partial charge in [-0.05, 0) is 49.0 Å². The second-order valence-corrected chi connectivity index (χ2v) is 6.83. The summed E-state index contributed by atoms with van der Waals surface area (Å²) in [4.78, 5) is 14.1. The van der Waals surface area contributed by atoms with E-state index in [2.05, 4.69) is 17.6 Å². The molecule has 1 saturated heterocycles. The Morgan fingerprint density at radius 1 is 1.56 bits per heavy atom. The summed E-state index contributed by atoms with van der Waals surface area (Å²) in [6, 6.07) is 2.01. The minimum Gasteiger partial charge on any atom is -0.351 e. The van der Waals surface area contributed by atoms with Gasteiger partial charge in [0.2, 0.25) is 0 Å². The van der Waals surface area contributed by atoms with Crippen molar-refractivity contribution < 1.29 is 4.79 Å². The van der Waals surface area contributed by atoms with Crippen LogP contribution < -0.4 is 10.6 Å². The van der Waals surface area contributed by atoms with Gasteiger partial charge in [-0.3, -0.25) is 4.79 Å². The van der Waals surface area contributed by atoms with Crippen molar-refractivity contribution in [2.75, 3.05) is 25.9 Å². The maximum atomic E-state index is 12.1. The summed E-state index contributed by atoms with van der Waals surface area (Å²) < 4.78 is 0. The first-order chi connectivity index (χ1) is 8.64. The van der Waals surface area contributed by atoms with Crippen LogP contribution in [0, 0.1) is 5.41 Å². The van der Waals surface area contributed by atoms with Crippen molar-refractivity contribution in [1.29, 1.82) is 0 Å². The van der Waals surface area contributed by atoms with Crippen molar-refractivity contribution in [3.05, 3.63) is 16.3 Å². The third kappa shape index (κ3) is 3.28. The number of nitrogens with one attached hydrogen (secondary N) is 2. The van der Waals surface area contributed by atoms with Crippen molar-refractivity contribution in [3.63, 3.8) is 0 Å². The van der Waals surface area contributed by atoms with Gasteiger partial charge in [0.15, 0.2) is 0 Å². The zero-order chi connectivity index (χ0) is 13.0. The second kappa shape index (κ2) is 6.08. The molecule has 100 valence electrons. The number of hydrogen-bond acceptors (Lipinski definition) is 4. The largest absolute Gasteiger partial charge is 0.351 e. The maximum Gasteiger partial charge on any atom is 0.262 e. The number of amides is 1. The van der Waals surface area contributed by atoms with Crippen LogP contribution >= 0.6 is 23.1 Å². The number of carbonyl (C=O) groups excluding carboxylic acids is 1. The summed E-state index contributed by atoms with van der Waals surface area (Å²) in [5, 5.41) is 8.44. The molecule has 0 atom stereocenters. The fraction of sp³-hybridized carbons (Fsp3) is 0.615. The number of thioether (sulfide) groups is 1. The van der Waals surface area contributed by atoms with Crippen molar-refractivity contribution in [3.8, 4) is 0 Å². The lowest BCUT2D eigenvalue weighted by atomic mass is 9.81. The SMILES string of the molecule is CSc1ccsc1C(=O)NCC1(C)CCNCC1. The lowest BCUT2D eigenvalue weighted by Crippen LogP contribution is -2.42. The first-order valence-corrected chi connectivity index (χ1v) is 8.35. The first kappa shape index (κ1) is 13.9. The molecule has 0 aliphatic carbocycles. The highest BCUT2D eigenvalue weighted by molar-refractivity contribution is 7.98. The predicted octanol–water partition coefficient (Wildman–Crippen LogP) is 2.59. The molecule has 0 spiro atoms. The Morgan fingerprint density at radius 2 is 2.28 bits per heavy atom. The number of carbonyl (C=O) groups is 1. The minimum absolute atomic E-state index is 0.0779. The molecule has 2 heterocycles. The number of hydrogen-bond donors (Lipinski definition) is 2. The highest BCUT2D eigenvalue weighted by atomic mass is 32.2. The van der Waals surface area contributed by atoms with E-state index in [9.17, 15) is 4.79 Å². The van der Waals surface area contributed by atoms with Gasteiger partial charge in [0.25, 0.3) is 5.91 Å². The fourth-order valence-electron chi connectivity index (χ4n) is 2.20. The van der Waals surface area contributed by atoms with Crippen LogP contribution in [0.25, 0.3) is 0 Å². The average molecular weight is 284 g/mol. The number of thiophene rings is 1. The van der Waals surface area contributed by atoms with Crippen LogP contribution in [-0.2, 0) is 0 Å². The van der Waals surface area contributed by atoms with Crippen LogP contribution in [0.5, 0.6) is 0 Å². The Balaban J connectivity index is 1.92. The van der Waals surface area contributed by atoms with Gasteiger partial charge in [0.1, 0.15) is 4.88 Å². The molecule has 3 nitrogen and oxygen atoms in total. The first-order valence-electron chi connectivity index (χ1n) is 6.25. The Kier molecular flexibility index (Phi) is 4.70. The zero-order valence-electron chi connectivity index (χ0n) is 10.9. The van der Waals surface area contributed by atoms with Crippen LogP contribution in [0.2, 0.25) is 0 Å². The van der Waals surface area contributed by atoms with Gasteiger partial charge in [-0.15, -0.1) is 23.1 Å². The molecule has 1 amide bonds. The monoisotopic (exact) mass is 284 g/mol. The van der Waals surface area contributed by atoms with Gasteiger partial charge in [0, 0.05) is 11.4 Å². The van der Waals surface area contributed by atoms with E-state index >= 15 is 0 Å². The molecule has 1 aliphatic rings. The standard InChI is InChI=1S/C13H20N2OS2/c1-13(4-6-14-7-5-13)9-15-12(16)11-10(17-2)3-8-18-11/h3,8,14H,4-7,9H2,1-2H3,(H,15,16). The van der Waals surface area contributed by atoms with E-state index in [4.69, 9.17) is 0 Å². The van der Waals surface area contributed by atoms with E-state index in [1.54, 1.807) is 11.8 Å². The minimum atomic E-state index is 0.0779. The Morgan fingerprint density at radius 3 is 2.94 bits per heavy atom. The predicted molar refractivity (Wildman–Crippen MR) is 78.6 cm³/mol. The van der Waals surface area contributed by atoms with E-state index in [1.807, 2.05) is 17.7 Å². The van der Waals surface area contributed by atoms with Gasteiger partial charge in [-0.25, -0.2) is 0 Å². The molecule has 1 aromatic rings. The molecule has 2 N–H and O–H groups in total. The summed E-state index contributed by atoms with van der Waals surface area (Å²) in [5.74, 6) is 0.0779. The molecule has 0 aromatic carbocycles. The lowest BCUT2D eigenvalue weighted by Gasteiger charge is -2.34. The third-order valence-corrected chi connectivity index (χ3v) is 5.36. The van der Waals surface area contributed by atoms with E-state index in [-0.39, 0.29) is 11.3 Å². The molecule has 0 saturated carbocycles. The van der Waals surface area contributed by atoms with Gasteiger partial charge < -0.3 is 10.6 Å². The summed E-state index contributed by atoms with van der Waals surface area (Å²) in [6.07, 6.45) is 4.27. The van der Waals surface area contributed by atoms with E-state index in [1.165, 1.54) is 11.3 Å². The van der Waals surface area contributed by atoms with Crippen LogP contribution in [0.3, 0.4) is 0 Å². The molecule has 1 aromatic heterocycles. The van der Waals surface area contributed by atoms with E-state index in [0.29, 0.717) is 0 Å². The summed E-state index contributed by atoms with van der Waals surface area (Å²) in [7, 11) is 0. The van der Waals surface area contributed by atoms with E-state index in [0.717, 1.165) is 42.2 Å². The molecule has 2 rings (SSSR count). The van der Waals surface area contributed by atoms with Crippen LogP contribution in [-0.4, -0.2) is 31.8 Å². The highest BCUT2D eigenvalue weighted by Gasteiger charge is 2.27. The fourth-order valence-corrected chi connectivity index (χ4v) is 3.87. The van der Waals surface area contributed by atoms with Crippen molar-refractivity contribution >= 4 is 29.0 Å². The van der Waals surface area contributed by atoms with Crippen molar-refractivity contribution in [1.82, 2.24) is 10.6 Å². The molecular weight excluding hydrogens is 264 g/mol. The van der Waals surface area contributed by atoms with E-state index < -0.39 is 0 Å². The maximum absolute atomic E-state index is 12.1.